The molecule has 0 atom stereocenters. The Bertz CT molecular complexity index is 586. The highest BCUT2D eigenvalue weighted by atomic mass is 32.1. The summed E-state index contributed by atoms with van der Waals surface area (Å²) in [6.45, 7) is 2.63. The number of halogens is 1. The molecule has 3 nitrogen and oxygen atoms in total. The molecule has 18 heavy (non-hydrogen) atoms. The van der Waals surface area contributed by atoms with Crippen molar-refractivity contribution in [3.05, 3.63) is 45.7 Å². The van der Waals surface area contributed by atoms with Crippen molar-refractivity contribution in [3.63, 3.8) is 0 Å². The van der Waals surface area contributed by atoms with E-state index < -0.39 is 5.82 Å². The molecule has 0 fully saturated rings. The Morgan fingerprint density at radius 3 is 3.00 bits per heavy atom. The lowest BCUT2D eigenvalue weighted by atomic mass is 10.2. The molecule has 0 aliphatic rings. The minimum Gasteiger partial charge on any atom is -0.384 e. The monoisotopic (exact) mass is 261 g/mol. The van der Waals surface area contributed by atoms with Crippen LogP contribution in [0.1, 0.15) is 16.3 Å². The topological polar surface area (TPSA) is 48.7 Å². The molecule has 1 aromatic heterocycles. The Hall–Kier alpha value is -1.93. The van der Waals surface area contributed by atoms with Crippen molar-refractivity contribution in [2.75, 3.05) is 11.9 Å². The van der Waals surface area contributed by atoms with Gasteiger partial charge in [-0.1, -0.05) is 0 Å². The third-order valence-electron chi connectivity index (χ3n) is 2.42. The number of hydrogen-bond donors (Lipinski definition) is 1. The Balaban J connectivity index is 1.96. The number of aryl methyl sites for hydroxylation is 1. The Kier molecular flexibility index (Phi) is 3.90. The number of nitrogens with one attached hydrogen (secondary N) is 1. The highest BCUT2D eigenvalue weighted by molar-refractivity contribution is 7.09. The fourth-order valence-corrected chi connectivity index (χ4v) is 2.36. The van der Waals surface area contributed by atoms with E-state index in [0.717, 1.165) is 17.1 Å². The van der Waals surface area contributed by atoms with Crippen LogP contribution in [-0.2, 0) is 6.42 Å². The van der Waals surface area contributed by atoms with Crippen molar-refractivity contribution < 1.29 is 4.39 Å². The van der Waals surface area contributed by atoms with E-state index in [-0.39, 0.29) is 0 Å². The summed E-state index contributed by atoms with van der Waals surface area (Å²) in [6.07, 6.45) is 0.792. The molecule has 0 saturated carbocycles. The molecular weight excluding hydrogens is 249 g/mol. The number of anilines is 1. The molecule has 0 aliphatic heterocycles. The zero-order valence-electron chi connectivity index (χ0n) is 9.90. The lowest BCUT2D eigenvalue weighted by Gasteiger charge is -2.06. The van der Waals surface area contributed by atoms with Crippen molar-refractivity contribution in [2.45, 2.75) is 13.3 Å². The van der Waals surface area contributed by atoms with Gasteiger partial charge in [-0.05, 0) is 25.1 Å². The van der Waals surface area contributed by atoms with Gasteiger partial charge in [-0.2, -0.15) is 5.26 Å². The van der Waals surface area contributed by atoms with Crippen LogP contribution in [0.25, 0.3) is 0 Å². The molecule has 0 amide bonds. The van der Waals surface area contributed by atoms with Gasteiger partial charge in [0.05, 0.1) is 16.3 Å². The van der Waals surface area contributed by atoms with Gasteiger partial charge in [0.25, 0.3) is 0 Å². The van der Waals surface area contributed by atoms with E-state index in [4.69, 9.17) is 5.26 Å². The van der Waals surface area contributed by atoms with Crippen molar-refractivity contribution >= 4 is 17.0 Å². The maximum atomic E-state index is 12.9. The molecule has 0 saturated heterocycles. The van der Waals surface area contributed by atoms with Gasteiger partial charge in [0.2, 0.25) is 0 Å². The van der Waals surface area contributed by atoms with E-state index >= 15 is 0 Å². The normalized spacial score (nSPS) is 10.1. The lowest BCUT2D eigenvalue weighted by molar-refractivity contribution is 0.627. The summed E-state index contributed by atoms with van der Waals surface area (Å²) in [5.74, 6) is -0.396. The molecule has 1 heterocycles. The third-order valence-corrected chi connectivity index (χ3v) is 3.45. The number of benzene rings is 1. The summed E-state index contributed by atoms with van der Waals surface area (Å²) in [7, 11) is 0. The molecule has 0 aliphatic carbocycles. The summed E-state index contributed by atoms with van der Waals surface area (Å²) in [5, 5.41) is 15.1. The first-order valence-electron chi connectivity index (χ1n) is 5.53. The molecule has 5 heteroatoms. The summed E-state index contributed by atoms with van der Waals surface area (Å²) >= 11 is 1.62. The maximum Gasteiger partial charge on any atom is 0.124 e. The molecule has 1 aromatic carbocycles. The predicted octanol–water partition coefficient (Wildman–Crippen LogP) is 3.12. The standard InChI is InChI=1S/C13H12FN3S/c1-9-8-18-13(17-9)4-5-16-12-3-2-11(14)6-10(12)7-15/h2-3,6,8,16H,4-5H2,1H3. The highest BCUT2D eigenvalue weighted by Gasteiger charge is 2.04. The van der Waals surface area contributed by atoms with E-state index in [0.29, 0.717) is 17.8 Å². The average Bonchev–Trinajstić information content (AvgIpc) is 2.77. The van der Waals surface area contributed by atoms with Gasteiger partial charge in [0.15, 0.2) is 0 Å². The highest BCUT2D eigenvalue weighted by Crippen LogP contribution is 2.16. The van der Waals surface area contributed by atoms with Crippen molar-refractivity contribution in [3.8, 4) is 6.07 Å². The van der Waals surface area contributed by atoms with Crippen molar-refractivity contribution in [2.24, 2.45) is 0 Å². The zero-order chi connectivity index (χ0) is 13.0. The van der Waals surface area contributed by atoms with Gasteiger partial charge in [-0.25, -0.2) is 9.37 Å². The quantitative estimate of drug-likeness (QED) is 0.920. The summed E-state index contributed by atoms with van der Waals surface area (Å²) in [5.41, 5.74) is 2.01. The van der Waals surface area contributed by atoms with Gasteiger partial charge in [0, 0.05) is 24.0 Å². The third kappa shape index (κ3) is 3.05. The molecular formula is C13H12FN3S. The number of nitrogens with zero attached hydrogens (tertiary/aromatic N) is 2. The SMILES string of the molecule is Cc1csc(CCNc2ccc(F)cc2C#N)n1. The van der Waals surface area contributed by atoms with Crippen LogP contribution in [0.5, 0.6) is 0 Å². The van der Waals surface area contributed by atoms with E-state index in [2.05, 4.69) is 10.3 Å². The second-order valence-electron chi connectivity index (χ2n) is 3.86. The van der Waals surface area contributed by atoms with Crippen LogP contribution < -0.4 is 5.32 Å². The summed E-state index contributed by atoms with van der Waals surface area (Å²) < 4.78 is 12.9. The fraction of sp³-hybridized carbons (Fsp3) is 0.231. The van der Waals surface area contributed by atoms with Gasteiger partial charge < -0.3 is 5.32 Å². The Morgan fingerprint density at radius 1 is 1.50 bits per heavy atom. The van der Waals surface area contributed by atoms with Gasteiger partial charge in [-0.3, -0.25) is 0 Å². The summed E-state index contributed by atoms with van der Waals surface area (Å²) in [6, 6.07) is 6.13. The van der Waals surface area contributed by atoms with E-state index in [1.165, 1.54) is 12.1 Å². The second kappa shape index (κ2) is 5.61. The van der Waals surface area contributed by atoms with Crippen molar-refractivity contribution in [1.82, 2.24) is 4.98 Å². The fourth-order valence-electron chi connectivity index (χ4n) is 1.58. The molecule has 2 rings (SSSR count). The van der Waals surface area contributed by atoms with Gasteiger partial charge >= 0.3 is 0 Å². The van der Waals surface area contributed by atoms with Crippen LogP contribution in [0.3, 0.4) is 0 Å². The molecule has 2 aromatic rings. The van der Waals surface area contributed by atoms with E-state index in [1.54, 1.807) is 17.4 Å². The lowest BCUT2D eigenvalue weighted by Crippen LogP contribution is -2.06. The first-order valence-corrected chi connectivity index (χ1v) is 6.41. The van der Waals surface area contributed by atoms with Crippen LogP contribution in [-0.4, -0.2) is 11.5 Å². The Labute approximate surface area is 109 Å². The molecule has 0 radical (unpaired) electrons. The minimum atomic E-state index is -0.396. The molecule has 0 unspecified atom stereocenters. The zero-order valence-corrected chi connectivity index (χ0v) is 10.7. The Morgan fingerprint density at radius 2 is 2.33 bits per heavy atom. The van der Waals surface area contributed by atoms with Gasteiger partial charge in [0.1, 0.15) is 11.9 Å². The smallest absolute Gasteiger partial charge is 0.124 e. The van der Waals surface area contributed by atoms with Crippen LogP contribution in [0, 0.1) is 24.1 Å². The first kappa shape index (κ1) is 12.5. The summed E-state index contributed by atoms with van der Waals surface area (Å²) in [4.78, 5) is 4.35. The largest absolute Gasteiger partial charge is 0.384 e. The van der Waals surface area contributed by atoms with Crippen LogP contribution in [0.15, 0.2) is 23.6 Å². The van der Waals surface area contributed by atoms with E-state index in [1.807, 2.05) is 18.4 Å². The van der Waals surface area contributed by atoms with Crippen LogP contribution >= 0.6 is 11.3 Å². The predicted molar refractivity (Wildman–Crippen MR) is 70.2 cm³/mol. The minimum absolute atomic E-state index is 0.324. The molecule has 0 spiro atoms. The van der Waals surface area contributed by atoms with E-state index in [9.17, 15) is 4.39 Å². The molecule has 1 N–H and O–H groups in total. The molecule has 92 valence electrons. The molecule has 0 bridgehead atoms. The number of aromatic nitrogens is 1. The first-order chi connectivity index (χ1) is 8.69. The number of hydrogen-bond acceptors (Lipinski definition) is 4. The second-order valence-corrected chi connectivity index (χ2v) is 4.80. The number of thiazole rings is 1. The van der Waals surface area contributed by atoms with Gasteiger partial charge in [-0.15, -0.1) is 11.3 Å². The van der Waals surface area contributed by atoms with Crippen LogP contribution in [0.4, 0.5) is 10.1 Å². The number of nitriles is 1. The number of rotatable bonds is 4. The van der Waals surface area contributed by atoms with Crippen molar-refractivity contribution in [1.29, 1.82) is 5.26 Å². The maximum absolute atomic E-state index is 12.9. The average molecular weight is 261 g/mol. The van der Waals surface area contributed by atoms with Crippen LogP contribution in [0.2, 0.25) is 0 Å².